The Labute approximate surface area is 111 Å². The van der Waals surface area contributed by atoms with Crippen LogP contribution in [0.1, 0.15) is 23.6 Å². The van der Waals surface area contributed by atoms with Crippen LogP contribution in [0.3, 0.4) is 0 Å². The van der Waals surface area contributed by atoms with Crippen molar-refractivity contribution >= 4 is 0 Å². The summed E-state index contributed by atoms with van der Waals surface area (Å²) in [6.07, 6.45) is -2.63. The Bertz CT molecular complexity index is 417. The Hall–Kier alpha value is -1.07. The Morgan fingerprint density at radius 3 is 2.53 bits per heavy atom. The van der Waals surface area contributed by atoms with Gasteiger partial charge in [0.2, 0.25) is 6.43 Å². The van der Waals surface area contributed by atoms with Crippen molar-refractivity contribution in [1.29, 1.82) is 0 Å². The van der Waals surface area contributed by atoms with Crippen molar-refractivity contribution in [3.05, 3.63) is 35.1 Å². The molecule has 1 N–H and O–H groups in total. The van der Waals surface area contributed by atoms with Crippen LogP contribution in [0.4, 0.5) is 13.2 Å². The lowest BCUT2D eigenvalue weighted by Crippen LogP contribution is -2.45. The molecule has 1 atom stereocenters. The molecule has 106 valence electrons. The average Bonchev–Trinajstić information content (AvgIpc) is 2.40. The fraction of sp³-hybridized carbons (Fsp3) is 0.571. The largest absolute Gasteiger partial charge is 0.314 e. The molecule has 0 aromatic heterocycles. The fourth-order valence-corrected chi connectivity index (χ4v) is 2.47. The van der Waals surface area contributed by atoms with Crippen molar-refractivity contribution in [1.82, 2.24) is 10.2 Å². The molecule has 1 saturated heterocycles. The second-order valence-electron chi connectivity index (χ2n) is 4.94. The Morgan fingerprint density at radius 2 is 1.95 bits per heavy atom. The lowest BCUT2D eigenvalue weighted by Gasteiger charge is -2.35. The van der Waals surface area contributed by atoms with Gasteiger partial charge < -0.3 is 5.32 Å². The van der Waals surface area contributed by atoms with Crippen molar-refractivity contribution in [2.45, 2.75) is 25.8 Å². The molecule has 19 heavy (non-hydrogen) atoms. The van der Waals surface area contributed by atoms with Crippen LogP contribution in [-0.4, -0.2) is 37.5 Å². The van der Waals surface area contributed by atoms with E-state index in [1.54, 1.807) is 19.1 Å². The molecule has 0 bridgehead atoms. The predicted octanol–water partition coefficient (Wildman–Crippen LogP) is 2.74. The van der Waals surface area contributed by atoms with E-state index in [4.69, 9.17) is 0 Å². The van der Waals surface area contributed by atoms with E-state index in [9.17, 15) is 13.2 Å². The third-order valence-electron chi connectivity index (χ3n) is 3.57. The number of nitrogens with zero attached hydrogens (tertiary/aromatic N) is 1. The van der Waals surface area contributed by atoms with Gasteiger partial charge in [-0.2, -0.15) is 0 Å². The van der Waals surface area contributed by atoms with Gasteiger partial charge in [0.1, 0.15) is 5.82 Å². The topological polar surface area (TPSA) is 15.3 Å². The molecule has 5 heteroatoms. The van der Waals surface area contributed by atoms with Gasteiger partial charge in [0.25, 0.3) is 0 Å². The zero-order valence-corrected chi connectivity index (χ0v) is 11.0. The number of nitrogens with one attached hydrogen (secondary N) is 1. The highest BCUT2D eigenvalue weighted by Gasteiger charge is 2.25. The normalized spacial score (nSPS) is 18.8. The molecular formula is C14H19F3N2. The number of aryl methyl sites for hydroxylation is 1. The first-order chi connectivity index (χ1) is 9.08. The van der Waals surface area contributed by atoms with Crippen molar-refractivity contribution in [2.75, 3.05) is 26.2 Å². The minimum atomic E-state index is -2.38. The van der Waals surface area contributed by atoms with Crippen LogP contribution in [0.15, 0.2) is 18.2 Å². The van der Waals surface area contributed by atoms with Crippen LogP contribution in [0.2, 0.25) is 0 Å². The first-order valence-electron chi connectivity index (χ1n) is 6.57. The summed E-state index contributed by atoms with van der Waals surface area (Å²) in [5, 5.41) is 3.19. The first kappa shape index (κ1) is 14.3. The monoisotopic (exact) mass is 272 g/mol. The summed E-state index contributed by atoms with van der Waals surface area (Å²) >= 11 is 0. The highest BCUT2D eigenvalue weighted by molar-refractivity contribution is 5.26. The number of halogens is 3. The first-order valence-corrected chi connectivity index (χ1v) is 6.57. The summed E-state index contributed by atoms with van der Waals surface area (Å²) in [6, 6.07) is 4.40. The molecule has 0 saturated carbocycles. The smallest absolute Gasteiger partial charge is 0.240 e. The summed E-state index contributed by atoms with van der Waals surface area (Å²) in [5.41, 5.74) is 1.19. The molecule has 0 unspecified atom stereocenters. The van der Waals surface area contributed by atoms with Gasteiger partial charge in [0.05, 0.1) is 0 Å². The Balaban J connectivity index is 2.22. The summed E-state index contributed by atoms with van der Waals surface area (Å²) in [4.78, 5) is 2.01. The van der Waals surface area contributed by atoms with Gasteiger partial charge in [-0.15, -0.1) is 0 Å². The van der Waals surface area contributed by atoms with Gasteiger partial charge in [-0.05, 0) is 24.1 Å². The maximum Gasteiger partial charge on any atom is 0.240 e. The zero-order chi connectivity index (χ0) is 13.8. The molecular weight excluding hydrogens is 253 g/mol. The zero-order valence-electron chi connectivity index (χ0n) is 11.0. The highest BCUT2D eigenvalue weighted by atomic mass is 19.3. The summed E-state index contributed by atoms with van der Waals surface area (Å²) < 4.78 is 39.2. The number of rotatable bonds is 4. The van der Waals surface area contributed by atoms with Gasteiger partial charge in [0, 0.05) is 38.6 Å². The summed E-state index contributed by atoms with van der Waals surface area (Å²) in [7, 11) is 0. The molecule has 1 aliphatic rings. The number of hydrogen-bond acceptors (Lipinski definition) is 2. The lowest BCUT2D eigenvalue weighted by molar-refractivity contribution is 0.0738. The van der Waals surface area contributed by atoms with E-state index in [0.717, 1.165) is 13.1 Å². The third kappa shape index (κ3) is 3.70. The maximum absolute atomic E-state index is 13.6. The summed E-state index contributed by atoms with van der Waals surface area (Å²) in [5.74, 6) is -0.327. The van der Waals surface area contributed by atoms with Crippen LogP contribution in [0.25, 0.3) is 0 Å². The van der Waals surface area contributed by atoms with E-state index in [0.29, 0.717) is 24.2 Å². The number of hydrogen-bond donors (Lipinski definition) is 1. The van der Waals surface area contributed by atoms with Crippen molar-refractivity contribution < 1.29 is 13.2 Å². The molecule has 0 amide bonds. The van der Waals surface area contributed by atoms with Crippen LogP contribution < -0.4 is 5.32 Å². The molecule has 1 aromatic rings. The molecule has 1 heterocycles. The predicted molar refractivity (Wildman–Crippen MR) is 68.9 cm³/mol. The molecule has 1 aliphatic heterocycles. The van der Waals surface area contributed by atoms with Crippen LogP contribution in [-0.2, 0) is 0 Å². The maximum atomic E-state index is 13.6. The molecule has 2 nitrogen and oxygen atoms in total. The highest BCUT2D eigenvalue weighted by Crippen LogP contribution is 2.28. The van der Waals surface area contributed by atoms with Crippen molar-refractivity contribution in [3.8, 4) is 0 Å². The van der Waals surface area contributed by atoms with Gasteiger partial charge in [-0.1, -0.05) is 12.1 Å². The van der Waals surface area contributed by atoms with E-state index in [-0.39, 0.29) is 12.2 Å². The molecule has 0 radical (unpaired) electrons. The average molecular weight is 272 g/mol. The SMILES string of the molecule is Cc1ccc([C@H](CC(F)F)N2CCNCC2)cc1F. The van der Waals surface area contributed by atoms with Gasteiger partial charge in [-0.25, -0.2) is 13.2 Å². The van der Waals surface area contributed by atoms with E-state index < -0.39 is 12.5 Å². The standard InChI is InChI=1S/C14H19F3N2/c1-10-2-3-11(8-12(10)15)13(9-14(16)17)19-6-4-18-5-7-19/h2-3,8,13-14,18H,4-7,9H2,1H3/t13-/m0/s1. The molecule has 0 spiro atoms. The van der Waals surface area contributed by atoms with Gasteiger partial charge in [-0.3, -0.25) is 4.90 Å². The quantitative estimate of drug-likeness (QED) is 0.906. The Kier molecular flexibility index (Phi) is 4.82. The van der Waals surface area contributed by atoms with Crippen LogP contribution in [0.5, 0.6) is 0 Å². The van der Waals surface area contributed by atoms with Crippen LogP contribution >= 0.6 is 0 Å². The molecule has 1 aromatic carbocycles. The van der Waals surface area contributed by atoms with Crippen molar-refractivity contribution in [2.24, 2.45) is 0 Å². The Morgan fingerprint density at radius 1 is 1.26 bits per heavy atom. The second kappa shape index (κ2) is 6.39. The third-order valence-corrected chi connectivity index (χ3v) is 3.57. The van der Waals surface area contributed by atoms with Crippen molar-refractivity contribution in [3.63, 3.8) is 0 Å². The fourth-order valence-electron chi connectivity index (χ4n) is 2.47. The van der Waals surface area contributed by atoms with Crippen LogP contribution in [0, 0.1) is 12.7 Å². The number of benzene rings is 1. The number of alkyl halides is 2. The molecule has 1 fully saturated rings. The van der Waals surface area contributed by atoms with Gasteiger partial charge in [0.15, 0.2) is 0 Å². The minimum absolute atomic E-state index is 0.248. The van der Waals surface area contributed by atoms with E-state index in [1.165, 1.54) is 6.07 Å². The van der Waals surface area contributed by atoms with E-state index in [1.807, 2.05) is 4.90 Å². The van der Waals surface area contributed by atoms with E-state index >= 15 is 0 Å². The van der Waals surface area contributed by atoms with E-state index in [2.05, 4.69) is 5.32 Å². The second-order valence-corrected chi connectivity index (χ2v) is 4.94. The minimum Gasteiger partial charge on any atom is -0.314 e. The summed E-state index contributed by atoms with van der Waals surface area (Å²) in [6.45, 7) is 4.67. The lowest BCUT2D eigenvalue weighted by atomic mass is 10.00. The number of piperazine rings is 1. The molecule has 2 rings (SSSR count). The molecule has 0 aliphatic carbocycles. The van der Waals surface area contributed by atoms with Gasteiger partial charge >= 0.3 is 0 Å².